The monoisotopic (exact) mass is 425 g/mol. The summed E-state index contributed by atoms with van der Waals surface area (Å²) in [6.45, 7) is 2.10. The molecule has 1 aliphatic rings. The number of hydrogen-bond acceptors (Lipinski definition) is 4. The highest BCUT2D eigenvalue weighted by atomic mass is 35.5. The number of nitrogens with one attached hydrogen (secondary N) is 1. The van der Waals surface area contributed by atoms with Gasteiger partial charge in [-0.05, 0) is 44.1 Å². The van der Waals surface area contributed by atoms with Crippen LogP contribution in [0.5, 0.6) is 0 Å². The Hall–Kier alpha value is -2.90. The first kappa shape index (κ1) is 19.1. The molecule has 6 nitrogen and oxygen atoms in total. The maximum absolute atomic E-state index is 14.1. The lowest BCUT2D eigenvalue weighted by Gasteiger charge is -2.22. The van der Waals surface area contributed by atoms with Gasteiger partial charge in [-0.2, -0.15) is 9.83 Å². The van der Waals surface area contributed by atoms with Crippen molar-refractivity contribution in [2.75, 3.05) is 13.1 Å². The van der Waals surface area contributed by atoms with Crippen LogP contribution in [-0.2, 0) is 6.61 Å². The van der Waals surface area contributed by atoms with E-state index in [1.54, 1.807) is 23.1 Å². The lowest BCUT2D eigenvalue weighted by atomic mass is 10.1. The van der Waals surface area contributed by atoms with E-state index in [4.69, 9.17) is 16.4 Å². The van der Waals surface area contributed by atoms with Crippen molar-refractivity contribution < 1.29 is 9.23 Å². The first-order valence-electron chi connectivity index (χ1n) is 9.97. The van der Waals surface area contributed by atoms with Crippen LogP contribution in [-0.4, -0.2) is 32.6 Å². The Morgan fingerprint density at radius 3 is 2.90 bits per heavy atom. The van der Waals surface area contributed by atoms with Crippen molar-refractivity contribution >= 4 is 22.6 Å². The summed E-state index contributed by atoms with van der Waals surface area (Å²) in [6, 6.07) is 9.19. The average molecular weight is 426 g/mol. The summed E-state index contributed by atoms with van der Waals surface area (Å²) in [5.74, 6) is -0.459. The SMILES string of the molecule is Fc1c(Cl)cccc1COn1ccc2ncc(-c3cnn(C4CCNCC4)c3)cc21. The first-order chi connectivity index (χ1) is 14.7. The van der Waals surface area contributed by atoms with E-state index in [-0.39, 0.29) is 11.6 Å². The van der Waals surface area contributed by atoms with E-state index in [1.807, 2.05) is 24.5 Å². The summed E-state index contributed by atoms with van der Waals surface area (Å²) in [6.07, 6.45) is 9.73. The number of nitrogens with zero attached hydrogens (tertiary/aromatic N) is 4. The molecule has 4 aromatic rings. The number of halogens is 2. The number of hydrogen-bond donors (Lipinski definition) is 1. The molecule has 1 aliphatic heterocycles. The average Bonchev–Trinajstić information content (AvgIpc) is 3.42. The van der Waals surface area contributed by atoms with E-state index in [9.17, 15) is 4.39 Å². The molecule has 0 amide bonds. The normalized spacial score (nSPS) is 15.0. The van der Waals surface area contributed by atoms with E-state index in [2.05, 4.69) is 26.3 Å². The summed E-state index contributed by atoms with van der Waals surface area (Å²) < 4.78 is 17.8. The second-order valence-corrected chi connectivity index (χ2v) is 7.85. The molecule has 1 saturated heterocycles. The van der Waals surface area contributed by atoms with E-state index >= 15 is 0 Å². The Morgan fingerprint density at radius 2 is 2.03 bits per heavy atom. The molecule has 3 aromatic heterocycles. The Morgan fingerprint density at radius 1 is 1.17 bits per heavy atom. The third-order valence-corrected chi connectivity index (χ3v) is 5.80. The highest BCUT2D eigenvalue weighted by Crippen LogP contribution is 2.26. The molecule has 0 saturated carbocycles. The van der Waals surface area contributed by atoms with E-state index in [1.165, 1.54) is 6.07 Å². The molecule has 0 aliphatic carbocycles. The minimum absolute atomic E-state index is 0.0635. The number of fused-ring (bicyclic) bond motifs is 1. The highest BCUT2D eigenvalue weighted by Gasteiger charge is 2.16. The molecule has 0 bridgehead atoms. The molecule has 5 rings (SSSR count). The van der Waals surface area contributed by atoms with Gasteiger partial charge in [-0.15, -0.1) is 0 Å². The Labute approximate surface area is 178 Å². The summed E-state index contributed by atoms with van der Waals surface area (Å²) in [4.78, 5) is 10.4. The molecule has 8 heteroatoms. The molecule has 1 aromatic carbocycles. The molecule has 1 fully saturated rings. The number of aromatic nitrogens is 4. The summed E-state index contributed by atoms with van der Waals surface area (Å²) in [5, 5.41) is 8.03. The fraction of sp³-hybridized carbons (Fsp3) is 0.273. The van der Waals surface area contributed by atoms with Crippen molar-refractivity contribution in [2.45, 2.75) is 25.5 Å². The predicted molar refractivity (Wildman–Crippen MR) is 114 cm³/mol. The topological polar surface area (TPSA) is 56.9 Å². The van der Waals surface area contributed by atoms with Crippen molar-refractivity contribution in [3.05, 3.63) is 71.5 Å². The third-order valence-electron chi connectivity index (χ3n) is 5.51. The van der Waals surface area contributed by atoms with Crippen LogP contribution in [0.1, 0.15) is 24.4 Å². The molecule has 0 radical (unpaired) electrons. The molecule has 154 valence electrons. The molecule has 4 heterocycles. The Kier molecular flexibility index (Phi) is 5.14. The molecular weight excluding hydrogens is 405 g/mol. The number of rotatable bonds is 5. The van der Waals surface area contributed by atoms with Gasteiger partial charge < -0.3 is 10.2 Å². The first-order valence-corrected chi connectivity index (χ1v) is 10.4. The van der Waals surface area contributed by atoms with Crippen LogP contribution < -0.4 is 10.2 Å². The fourth-order valence-corrected chi connectivity index (χ4v) is 4.01. The van der Waals surface area contributed by atoms with Crippen LogP contribution in [0.4, 0.5) is 4.39 Å². The van der Waals surface area contributed by atoms with E-state index in [0.29, 0.717) is 11.6 Å². The van der Waals surface area contributed by atoms with Gasteiger partial charge in [-0.1, -0.05) is 23.7 Å². The predicted octanol–water partition coefficient (Wildman–Crippen LogP) is 4.25. The van der Waals surface area contributed by atoms with Crippen LogP contribution >= 0.6 is 11.6 Å². The summed E-state index contributed by atoms with van der Waals surface area (Å²) in [5.41, 5.74) is 3.98. The second kappa shape index (κ2) is 8.08. The van der Waals surface area contributed by atoms with E-state index in [0.717, 1.165) is 48.1 Å². The lowest BCUT2D eigenvalue weighted by molar-refractivity contribution is 0.105. The maximum atomic E-state index is 14.1. The van der Waals surface area contributed by atoms with Gasteiger partial charge in [0.25, 0.3) is 0 Å². The van der Waals surface area contributed by atoms with Crippen molar-refractivity contribution in [1.82, 2.24) is 24.8 Å². The molecule has 0 unspecified atom stereocenters. The zero-order valence-corrected chi connectivity index (χ0v) is 17.0. The van der Waals surface area contributed by atoms with Crippen molar-refractivity contribution in [1.29, 1.82) is 0 Å². The maximum Gasteiger partial charge on any atom is 0.148 e. The largest absolute Gasteiger partial charge is 0.409 e. The van der Waals surface area contributed by atoms with Gasteiger partial charge in [0.05, 0.1) is 22.8 Å². The van der Waals surface area contributed by atoms with E-state index < -0.39 is 5.82 Å². The van der Waals surface area contributed by atoms with Gasteiger partial charge in [0, 0.05) is 35.3 Å². The molecular formula is C22H21ClFN5O. The Balaban J connectivity index is 1.39. The molecule has 1 N–H and O–H groups in total. The zero-order chi connectivity index (χ0) is 20.5. The molecule has 0 spiro atoms. The summed E-state index contributed by atoms with van der Waals surface area (Å²) in [7, 11) is 0. The molecule has 0 atom stereocenters. The van der Waals surface area contributed by atoms with Gasteiger partial charge in [0.1, 0.15) is 17.9 Å². The minimum atomic E-state index is -0.459. The third kappa shape index (κ3) is 3.66. The Bertz CT molecular complexity index is 1180. The quantitative estimate of drug-likeness (QED) is 0.519. The fourth-order valence-electron chi connectivity index (χ4n) is 3.81. The van der Waals surface area contributed by atoms with Crippen LogP contribution in [0.25, 0.3) is 22.2 Å². The van der Waals surface area contributed by atoms with Crippen molar-refractivity contribution in [2.24, 2.45) is 0 Å². The zero-order valence-electron chi connectivity index (χ0n) is 16.3. The van der Waals surface area contributed by atoms with Crippen LogP contribution in [0.15, 0.2) is 55.1 Å². The van der Waals surface area contributed by atoms with Crippen molar-refractivity contribution in [3.63, 3.8) is 0 Å². The minimum Gasteiger partial charge on any atom is -0.409 e. The van der Waals surface area contributed by atoms with Crippen LogP contribution in [0.2, 0.25) is 5.02 Å². The van der Waals surface area contributed by atoms with Gasteiger partial charge in [-0.3, -0.25) is 9.67 Å². The second-order valence-electron chi connectivity index (χ2n) is 7.45. The summed E-state index contributed by atoms with van der Waals surface area (Å²) >= 11 is 5.86. The lowest BCUT2D eigenvalue weighted by Crippen LogP contribution is -2.29. The highest BCUT2D eigenvalue weighted by molar-refractivity contribution is 6.30. The van der Waals surface area contributed by atoms with Crippen LogP contribution in [0, 0.1) is 5.82 Å². The van der Waals surface area contributed by atoms with Gasteiger partial charge in [0.2, 0.25) is 0 Å². The van der Waals surface area contributed by atoms with Crippen molar-refractivity contribution in [3.8, 4) is 11.1 Å². The smallest absolute Gasteiger partial charge is 0.148 e. The number of pyridine rings is 1. The standard InChI is InChI=1S/C22H21ClFN5O/c23-19-3-1-2-15(22(19)24)14-30-29-9-6-20-21(29)10-16(11-26-20)17-12-27-28(13-17)18-4-7-25-8-5-18/h1-3,6,9-13,18,25H,4-5,7-8,14H2. The van der Waals surface area contributed by atoms with Gasteiger partial charge in [-0.25, -0.2) is 4.39 Å². The number of piperidine rings is 1. The van der Waals surface area contributed by atoms with Gasteiger partial charge >= 0.3 is 0 Å². The number of benzene rings is 1. The van der Waals surface area contributed by atoms with Gasteiger partial charge in [0.15, 0.2) is 0 Å². The molecule has 30 heavy (non-hydrogen) atoms. The van der Waals surface area contributed by atoms with Crippen LogP contribution in [0.3, 0.4) is 0 Å².